The minimum Gasteiger partial charge on any atom is -0.335 e. The molecule has 0 aliphatic carbocycles. The molecular weight excluding hydrogens is 238 g/mol. The molecule has 0 radical (unpaired) electrons. The van der Waals surface area contributed by atoms with Crippen molar-refractivity contribution >= 4 is 5.91 Å². The number of hydrogen-bond acceptors (Lipinski definition) is 3. The molecule has 1 heterocycles. The van der Waals surface area contributed by atoms with Gasteiger partial charge in [0, 0.05) is 6.20 Å². The van der Waals surface area contributed by atoms with Gasteiger partial charge in [-0.3, -0.25) is 9.78 Å². The maximum absolute atomic E-state index is 11.9. The van der Waals surface area contributed by atoms with Gasteiger partial charge in [-0.25, -0.2) is 0 Å². The monoisotopic (exact) mass is 251 g/mol. The summed E-state index contributed by atoms with van der Waals surface area (Å²) < 4.78 is 0. The van der Waals surface area contributed by atoms with E-state index in [-0.39, 0.29) is 12.3 Å². The molecule has 0 bridgehead atoms. The van der Waals surface area contributed by atoms with Crippen LogP contribution in [0, 0.1) is 11.3 Å². The van der Waals surface area contributed by atoms with E-state index >= 15 is 0 Å². The molecule has 0 fully saturated rings. The number of pyridine rings is 1. The summed E-state index contributed by atoms with van der Waals surface area (Å²) in [5, 5.41) is 11.8. The van der Waals surface area contributed by atoms with Gasteiger partial charge in [0.1, 0.15) is 0 Å². The summed E-state index contributed by atoms with van der Waals surface area (Å²) in [5.74, 6) is -0.191. The van der Waals surface area contributed by atoms with E-state index in [1.807, 2.05) is 36.4 Å². The number of carbonyl (C=O) groups is 1. The summed E-state index contributed by atoms with van der Waals surface area (Å²) in [6.45, 7) is 0. The Kier molecular flexibility index (Phi) is 4.25. The molecule has 0 aliphatic heterocycles. The Morgan fingerprint density at radius 3 is 2.58 bits per heavy atom. The highest BCUT2D eigenvalue weighted by Crippen LogP contribution is 2.08. The maximum atomic E-state index is 11.9. The van der Waals surface area contributed by atoms with Crippen molar-refractivity contribution in [3.63, 3.8) is 0 Å². The molecule has 0 aliphatic rings. The van der Waals surface area contributed by atoms with Crippen molar-refractivity contribution in [1.29, 1.82) is 5.26 Å². The van der Waals surface area contributed by atoms with Gasteiger partial charge in [0.2, 0.25) is 5.91 Å². The van der Waals surface area contributed by atoms with E-state index in [0.717, 1.165) is 5.56 Å². The van der Waals surface area contributed by atoms with Gasteiger partial charge in [-0.05, 0) is 17.7 Å². The van der Waals surface area contributed by atoms with Crippen LogP contribution in [0.1, 0.15) is 17.3 Å². The summed E-state index contributed by atoms with van der Waals surface area (Å²) in [5.41, 5.74) is 1.46. The number of nitrogens with one attached hydrogen (secondary N) is 1. The predicted molar refractivity (Wildman–Crippen MR) is 70.9 cm³/mol. The molecule has 4 heteroatoms. The van der Waals surface area contributed by atoms with Crippen LogP contribution in [0.3, 0.4) is 0 Å². The highest BCUT2D eigenvalue weighted by Gasteiger charge is 2.14. The number of nitriles is 1. The van der Waals surface area contributed by atoms with E-state index in [9.17, 15) is 4.79 Å². The molecule has 1 aromatic carbocycles. The van der Waals surface area contributed by atoms with Crippen LogP contribution in [-0.2, 0) is 11.2 Å². The van der Waals surface area contributed by atoms with Crippen molar-refractivity contribution in [2.24, 2.45) is 0 Å². The van der Waals surface area contributed by atoms with Gasteiger partial charge in [0.15, 0.2) is 6.04 Å². The summed E-state index contributed by atoms with van der Waals surface area (Å²) >= 11 is 0. The van der Waals surface area contributed by atoms with E-state index in [4.69, 9.17) is 5.26 Å². The van der Waals surface area contributed by atoms with E-state index in [1.54, 1.807) is 24.4 Å². The molecule has 4 nitrogen and oxygen atoms in total. The number of amides is 1. The highest BCUT2D eigenvalue weighted by atomic mass is 16.1. The SMILES string of the molecule is N#CC(NC(=O)Cc1ccccc1)c1ccccn1. The Morgan fingerprint density at radius 1 is 1.21 bits per heavy atom. The normalized spacial score (nSPS) is 11.3. The van der Waals surface area contributed by atoms with Gasteiger partial charge in [0.25, 0.3) is 0 Å². The molecule has 1 atom stereocenters. The van der Waals surface area contributed by atoms with Gasteiger partial charge in [-0.15, -0.1) is 0 Å². The molecule has 1 unspecified atom stereocenters. The maximum Gasteiger partial charge on any atom is 0.225 e. The second kappa shape index (κ2) is 6.31. The highest BCUT2D eigenvalue weighted by molar-refractivity contribution is 5.79. The van der Waals surface area contributed by atoms with Gasteiger partial charge in [-0.2, -0.15) is 5.26 Å². The van der Waals surface area contributed by atoms with Crippen molar-refractivity contribution in [2.45, 2.75) is 12.5 Å². The zero-order chi connectivity index (χ0) is 13.5. The van der Waals surface area contributed by atoms with E-state index in [1.165, 1.54) is 0 Å². The summed E-state index contributed by atoms with van der Waals surface area (Å²) in [7, 11) is 0. The lowest BCUT2D eigenvalue weighted by Gasteiger charge is -2.10. The topological polar surface area (TPSA) is 65.8 Å². The number of nitrogens with zero attached hydrogens (tertiary/aromatic N) is 2. The number of rotatable bonds is 4. The van der Waals surface area contributed by atoms with Crippen LogP contribution in [0.15, 0.2) is 54.7 Å². The molecule has 1 N–H and O–H groups in total. The fraction of sp³-hybridized carbons (Fsp3) is 0.133. The predicted octanol–water partition coefficient (Wildman–Crippen LogP) is 2.01. The molecule has 0 saturated carbocycles. The van der Waals surface area contributed by atoms with Gasteiger partial charge in [0.05, 0.1) is 18.2 Å². The lowest BCUT2D eigenvalue weighted by Crippen LogP contribution is -2.29. The van der Waals surface area contributed by atoms with Crippen molar-refractivity contribution in [1.82, 2.24) is 10.3 Å². The second-order valence-corrected chi connectivity index (χ2v) is 4.05. The van der Waals surface area contributed by atoms with Crippen LogP contribution in [0.2, 0.25) is 0 Å². The summed E-state index contributed by atoms with van der Waals surface area (Å²) in [6, 6.07) is 16.0. The largest absolute Gasteiger partial charge is 0.335 e. The van der Waals surface area contributed by atoms with Gasteiger partial charge < -0.3 is 5.32 Å². The van der Waals surface area contributed by atoms with Crippen molar-refractivity contribution in [3.05, 3.63) is 66.0 Å². The van der Waals surface area contributed by atoms with Crippen molar-refractivity contribution in [2.75, 3.05) is 0 Å². The van der Waals surface area contributed by atoms with Crippen LogP contribution in [0.4, 0.5) is 0 Å². The molecule has 2 aromatic rings. The first-order valence-electron chi connectivity index (χ1n) is 5.93. The van der Waals surface area contributed by atoms with Crippen LogP contribution in [-0.4, -0.2) is 10.9 Å². The Bertz CT molecular complexity index is 575. The zero-order valence-electron chi connectivity index (χ0n) is 10.3. The number of carbonyl (C=O) groups excluding carboxylic acids is 1. The van der Waals surface area contributed by atoms with Crippen molar-refractivity contribution in [3.8, 4) is 6.07 Å². The van der Waals surface area contributed by atoms with Crippen LogP contribution < -0.4 is 5.32 Å². The third-order valence-corrected chi connectivity index (χ3v) is 2.63. The summed E-state index contributed by atoms with van der Waals surface area (Å²) in [6.07, 6.45) is 1.86. The van der Waals surface area contributed by atoms with E-state index in [2.05, 4.69) is 10.3 Å². The Morgan fingerprint density at radius 2 is 1.95 bits per heavy atom. The first kappa shape index (κ1) is 12.8. The van der Waals surface area contributed by atoms with Crippen LogP contribution in [0.25, 0.3) is 0 Å². The van der Waals surface area contributed by atoms with Crippen LogP contribution in [0.5, 0.6) is 0 Å². The summed E-state index contributed by atoms with van der Waals surface area (Å²) in [4.78, 5) is 15.9. The smallest absolute Gasteiger partial charge is 0.225 e. The molecule has 19 heavy (non-hydrogen) atoms. The minimum absolute atomic E-state index is 0.191. The van der Waals surface area contributed by atoms with E-state index < -0.39 is 6.04 Å². The standard InChI is InChI=1S/C15H13N3O/c16-11-14(13-8-4-5-9-17-13)18-15(19)10-12-6-2-1-3-7-12/h1-9,14H,10H2,(H,18,19). The lowest BCUT2D eigenvalue weighted by atomic mass is 10.1. The minimum atomic E-state index is -0.711. The zero-order valence-corrected chi connectivity index (χ0v) is 10.3. The molecule has 2 rings (SSSR count). The Labute approximate surface area is 111 Å². The number of benzene rings is 1. The average molecular weight is 251 g/mol. The van der Waals surface area contributed by atoms with Gasteiger partial charge in [-0.1, -0.05) is 36.4 Å². The molecule has 94 valence electrons. The number of hydrogen-bond donors (Lipinski definition) is 1. The average Bonchev–Trinajstić information content (AvgIpc) is 2.47. The Hall–Kier alpha value is -2.67. The Balaban J connectivity index is 2.00. The van der Waals surface area contributed by atoms with E-state index in [0.29, 0.717) is 5.69 Å². The van der Waals surface area contributed by atoms with Crippen molar-refractivity contribution < 1.29 is 4.79 Å². The third-order valence-electron chi connectivity index (χ3n) is 2.63. The molecule has 0 spiro atoms. The first-order valence-corrected chi connectivity index (χ1v) is 5.93. The van der Waals surface area contributed by atoms with Crippen LogP contribution >= 0.6 is 0 Å². The second-order valence-electron chi connectivity index (χ2n) is 4.05. The molecule has 1 amide bonds. The third kappa shape index (κ3) is 3.65. The molecule has 1 aromatic heterocycles. The molecular formula is C15H13N3O. The fourth-order valence-electron chi connectivity index (χ4n) is 1.71. The molecule has 0 saturated heterocycles. The lowest BCUT2D eigenvalue weighted by molar-refractivity contribution is -0.120. The number of aromatic nitrogens is 1. The fourth-order valence-corrected chi connectivity index (χ4v) is 1.71. The quantitative estimate of drug-likeness (QED) is 0.903. The first-order chi connectivity index (χ1) is 9.29. The van der Waals surface area contributed by atoms with Gasteiger partial charge >= 0.3 is 0 Å².